The van der Waals surface area contributed by atoms with E-state index in [4.69, 9.17) is 23.3 Å². The first-order valence-corrected chi connectivity index (χ1v) is 47.4. The molecule has 0 saturated carbocycles. The molecule has 0 saturated heterocycles. The second-order valence-electron chi connectivity index (χ2n) is 23.9. The molecule has 3 aromatic carbocycles. The summed E-state index contributed by atoms with van der Waals surface area (Å²) in [4.78, 5) is 0. The Morgan fingerprint density at radius 1 is 0.446 bits per heavy atom. The first-order valence-electron chi connectivity index (χ1n) is 22.2. The van der Waals surface area contributed by atoms with Crippen LogP contribution in [0, 0.1) is 33.3 Å². The van der Waals surface area contributed by atoms with Crippen LogP contribution < -0.4 is 13.2 Å². The molecule has 6 nitrogen and oxygen atoms in total. The fraction of sp³-hybridized carbons (Fsp3) is 0.529. The van der Waals surface area contributed by atoms with Gasteiger partial charge >= 0.3 is 419 Å². The molecule has 14 heteroatoms. The van der Waals surface area contributed by atoms with Crippen LogP contribution in [-0.4, -0.2) is 72.5 Å². The first-order chi connectivity index (χ1) is 29.6. The third-order valence-corrected chi connectivity index (χ3v) is 46.5. The molecule has 0 heterocycles. The van der Waals surface area contributed by atoms with Crippen LogP contribution in [0.1, 0.15) is 88.4 Å². The van der Waals surface area contributed by atoms with Gasteiger partial charge in [0.05, 0.1) is 0 Å². The molecule has 0 aliphatic heterocycles. The molecule has 3 aromatic rings. The number of aliphatic hydroxyl groups is 1. The number of aliphatic hydroxyl groups excluding tert-OH is 1. The fourth-order valence-corrected chi connectivity index (χ4v) is 59.5. The zero-order valence-corrected chi connectivity index (χ0v) is 53.4. The zero-order chi connectivity index (χ0) is 52.6. The normalized spacial score (nSPS) is 12.0. The van der Waals surface area contributed by atoms with E-state index < -0.39 is 62.8 Å². The molecule has 0 unspecified atom stereocenters. The third-order valence-electron chi connectivity index (χ3n) is 11.7. The van der Waals surface area contributed by atoms with Crippen molar-refractivity contribution in [3.05, 3.63) is 121 Å². The van der Waals surface area contributed by atoms with Crippen molar-refractivity contribution >= 4 is 80.5 Å². The van der Waals surface area contributed by atoms with Crippen molar-refractivity contribution in [1.29, 1.82) is 0 Å². The molecule has 0 spiro atoms. The summed E-state index contributed by atoms with van der Waals surface area (Å²) in [5.41, 5.74) is 9.27. The summed E-state index contributed by atoms with van der Waals surface area (Å²) in [5.74, 6) is 0.802. The quantitative estimate of drug-likeness (QED) is 0.0910. The van der Waals surface area contributed by atoms with Gasteiger partial charge in [-0.1, -0.05) is 0 Å². The average molecular weight is 1080 g/mol. The van der Waals surface area contributed by atoms with E-state index >= 15 is 0 Å². The van der Waals surface area contributed by atoms with Gasteiger partial charge in [-0.3, -0.25) is 0 Å². The predicted octanol–water partition coefficient (Wildman–Crippen LogP) is 12.2. The standard InChI is InChI=1S/C46H81GeOSi6.5CO.Cr/c1-33(2)37-27-25-28-38(34(3)4)42(37)47(41-29-24-23-26-35(41)32-48)43-39(45(51(11,12)13)52(14,15)16)30-36(44(49(5,6)7)50(8,9)10)31-40(43)46(53(17,18)19)54(20,21)22;5*1-2;/h23-31,33-34,44-46,48H,1-22H3;;;;;;. The summed E-state index contributed by atoms with van der Waals surface area (Å²) in [7, 11) is -10.3. The van der Waals surface area contributed by atoms with E-state index in [1.54, 1.807) is 25.5 Å². The monoisotopic (exact) mass is 1080 g/mol. The Bertz CT molecular complexity index is 1930. The van der Waals surface area contributed by atoms with E-state index in [1.165, 1.54) is 15.5 Å². The van der Waals surface area contributed by atoms with Crippen LogP contribution in [0.4, 0.5) is 0 Å². The SMILES string of the molecule is CC(C)c1cccc(C(C)C)[c]1[Ge]([c]1ccccc1[C](O)=[Cr])[c]1c(C([Si](C)(C)C)[Si](C)(C)C)cc(C([Si](C)(C)C)[Si](C)(C)C)cc1C([Si](C)(C)C)[Si](C)(C)C.[C-]#[O+].[C-]#[O+].[C-]#[O+].[C-]#[O+].[C-]#[O+]. The molecular formula is C51H81CrGeO6Si6. The molecule has 0 fully saturated rings. The van der Waals surface area contributed by atoms with Crippen molar-refractivity contribution in [3.63, 3.8) is 0 Å². The molecule has 1 N–H and O–H groups in total. The van der Waals surface area contributed by atoms with Gasteiger partial charge in [0.15, 0.2) is 0 Å². The van der Waals surface area contributed by atoms with Crippen LogP contribution >= 0.6 is 0 Å². The summed E-state index contributed by atoms with van der Waals surface area (Å²) in [5, 5.41) is 13.5. The predicted molar refractivity (Wildman–Crippen MR) is 286 cm³/mol. The van der Waals surface area contributed by atoms with Gasteiger partial charge in [0.25, 0.3) is 0 Å². The molecule has 0 aliphatic rings. The second kappa shape index (κ2) is 28.3. The summed E-state index contributed by atoms with van der Waals surface area (Å²) < 4.78 is 42.7. The minimum absolute atomic E-state index is 0.338. The molecule has 0 amide bonds. The Morgan fingerprint density at radius 2 is 0.723 bits per heavy atom. The van der Waals surface area contributed by atoms with Crippen molar-refractivity contribution in [2.45, 2.75) is 173 Å². The van der Waals surface area contributed by atoms with Gasteiger partial charge in [-0.2, -0.15) is 0 Å². The molecule has 65 heavy (non-hydrogen) atoms. The van der Waals surface area contributed by atoms with Crippen LogP contribution in [0.5, 0.6) is 0 Å². The molecule has 0 aromatic heterocycles. The van der Waals surface area contributed by atoms with Gasteiger partial charge in [0.1, 0.15) is 0 Å². The number of hydrogen-bond acceptors (Lipinski definition) is 1. The molecule has 0 bridgehead atoms. The van der Waals surface area contributed by atoms with Gasteiger partial charge in [-0.15, -0.1) is 0 Å². The zero-order valence-electron chi connectivity index (χ0n) is 44.0. The number of benzene rings is 3. The second-order valence-corrected chi connectivity index (χ2v) is 62.9. The van der Waals surface area contributed by atoms with Gasteiger partial charge in [0, 0.05) is 0 Å². The van der Waals surface area contributed by atoms with Crippen molar-refractivity contribution in [3.8, 4) is 0 Å². The topological polar surface area (TPSA) is 120 Å². The van der Waals surface area contributed by atoms with E-state index in [1.807, 2.05) is 0 Å². The fourth-order valence-electron chi connectivity index (χ4n) is 11.5. The van der Waals surface area contributed by atoms with Gasteiger partial charge in [0.2, 0.25) is 0 Å². The van der Waals surface area contributed by atoms with Crippen molar-refractivity contribution in [1.82, 2.24) is 0 Å². The van der Waals surface area contributed by atoms with E-state index in [0.29, 0.717) is 31.9 Å². The summed E-state index contributed by atoms with van der Waals surface area (Å²) in [6, 6.07) is 22.1. The molecule has 3 rings (SSSR count). The van der Waals surface area contributed by atoms with E-state index in [-0.39, 0.29) is 0 Å². The molecular weight excluding hydrogens is 1000 g/mol. The Kier molecular flexibility index (Phi) is 29.5. The van der Waals surface area contributed by atoms with Crippen molar-refractivity contribution in [2.24, 2.45) is 0 Å². The molecule has 1 radical (unpaired) electrons. The van der Waals surface area contributed by atoms with E-state index in [0.717, 1.165) is 5.56 Å². The number of hydrogen-bond donors (Lipinski definition) is 1. The third kappa shape index (κ3) is 18.4. The van der Waals surface area contributed by atoms with Crippen LogP contribution in [0.25, 0.3) is 0 Å². The number of rotatable bonds is 15. The maximum atomic E-state index is 11.6. The van der Waals surface area contributed by atoms with Crippen molar-refractivity contribution in [2.75, 3.05) is 0 Å². The van der Waals surface area contributed by atoms with E-state index in [9.17, 15) is 5.11 Å². The average Bonchev–Trinajstić information content (AvgIpc) is 3.16. The van der Waals surface area contributed by atoms with Crippen LogP contribution in [-0.2, 0) is 39.1 Å². The van der Waals surface area contributed by atoms with Gasteiger partial charge in [-0.05, 0) is 0 Å². The minimum atomic E-state index is -2.76. The van der Waals surface area contributed by atoms with Crippen LogP contribution in [0.2, 0.25) is 118 Å². The summed E-state index contributed by atoms with van der Waals surface area (Å²) >= 11 is 0.337. The van der Waals surface area contributed by atoms with Crippen LogP contribution in [0.3, 0.4) is 0 Å². The molecule has 0 atom stereocenters. The first kappa shape index (κ1) is 67.8. The molecule has 0 aliphatic carbocycles. The maximum absolute atomic E-state index is 11.6. The Morgan fingerprint density at radius 3 is 0.985 bits per heavy atom. The Balaban J connectivity index is -0.00000358. The summed E-state index contributed by atoms with van der Waals surface area (Å²) in [6.45, 7) is 80.3. The Labute approximate surface area is 415 Å². The van der Waals surface area contributed by atoms with Crippen molar-refractivity contribution < 1.29 is 44.2 Å². The van der Waals surface area contributed by atoms with E-state index in [2.05, 4.69) is 249 Å². The molecule has 355 valence electrons. The Hall–Kier alpha value is -1.43. The van der Waals surface area contributed by atoms with Gasteiger partial charge < -0.3 is 0 Å². The van der Waals surface area contributed by atoms with Crippen LogP contribution in [0.15, 0.2) is 54.6 Å². The summed E-state index contributed by atoms with van der Waals surface area (Å²) in [6.07, 6.45) is 0. The van der Waals surface area contributed by atoms with Gasteiger partial charge in [-0.25, -0.2) is 0 Å².